The van der Waals surface area contributed by atoms with E-state index in [2.05, 4.69) is 32.6 Å². The Morgan fingerprint density at radius 1 is 1.29 bits per heavy atom. The third kappa shape index (κ3) is 3.81. The Balaban J connectivity index is 1.69. The van der Waals surface area contributed by atoms with E-state index in [0.29, 0.717) is 0 Å². The number of aromatic nitrogens is 2. The number of hydrogen-bond acceptors (Lipinski definition) is 4. The Bertz CT molecular complexity index is 565. The van der Waals surface area contributed by atoms with Crippen molar-refractivity contribution in [1.29, 1.82) is 0 Å². The van der Waals surface area contributed by atoms with Crippen molar-refractivity contribution >= 4 is 5.91 Å². The van der Waals surface area contributed by atoms with Crippen LogP contribution < -0.4 is 0 Å². The number of morpholine rings is 1. The Labute approximate surface area is 144 Å². The van der Waals surface area contributed by atoms with Gasteiger partial charge in [0.15, 0.2) is 0 Å². The molecule has 0 bridgehead atoms. The second-order valence-electron chi connectivity index (χ2n) is 7.11. The van der Waals surface area contributed by atoms with Crippen molar-refractivity contribution in [2.45, 2.75) is 58.7 Å². The Hall–Kier alpha value is -1.40. The Morgan fingerprint density at radius 3 is 2.71 bits per heavy atom. The SMILES string of the molecule is Cc1cc(C)n(C[C@@H]2CCCCN2C(=O)[C@@H](C)N2CCOCC2)n1. The van der Waals surface area contributed by atoms with Gasteiger partial charge in [0.05, 0.1) is 37.5 Å². The molecule has 1 aromatic heterocycles. The lowest BCUT2D eigenvalue weighted by Crippen LogP contribution is -2.55. The van der Waals surface area contributed by atoms with Crippen LogP contribution in [0.1, 0.15) is 37.6 Å². The summed E-state index contributed by atoms with van der Waals surface area (Å²) in [5, 5.41) is 4.58. The van der Waals surface area contributed by atoms with Crippen molar-refractivity contribution in [2.24, 2.45) is 0 Å². The lowest BCUT2D eigenvalue weighted by Gasteiger charge is -2.40. The first-order valence-electron chi connectivity index (χ1n) is 9.19. The number of nitrogens with zero attached hydrogens (tertiary/aromatic N) is 4. The summed E-state index contributed by atoms with van der Waals surface area (Å²) in [5.74, 6) is 0.267. The van der Waals surface area contributed by atoms with E-state index >= 15 is 0 Å². The predicted molar refractivity (Wildman–Crippen MR) is 92.9 cm³/mol. The topological polar surface area (TPSA) is 50.6 Å². The molecule has 6 heteroatoms. The lowest BCUT2D eigenvalue weighted by atomic mass is 10.0. The van der Waals surface area contributed by atoms with Gasteiger partial charge in [-0.05, 0) is 46.1 Å². The first kappa shape index (κ1) is 17.4. The molecule has 1 amide bonds. The largest absolute Gasteiger partial charge is 0.379 e. The smallest absolute Gasteiger partial charge is 0.239 e. The van der Waals surface area contributed by atoms with Crippen molar-refractivity contribution < 1.29 is 9.53 Å². The van der Waals surface area contributed by atoms with Gasteiger partial charge in [-0.2, -0.15) is 5.10 Å². The summed E-state index contributed by atoms with van der Waals surface area (Å²) in [7, 11) is 0. The molecule has 2 atom stereocenters. The van der Waals surface area contributed by atoms with Gasteiger partial charge in [-0.25, -0.2) is 0 Å². The fourth-order valence-corrected chi connectivity index (χ4v) is 3.90. The van der Waals surface area contributed by atoms with Crippen LogP contribution in [0.5, 0.6) is 0 Å². The van der Waals surface area contributed by atoms with E-state index in [4.69, 9.17) is 4.74 Å². The number of aryl methyl sites for hydroxylation is 2. The van der Waals surface area contributed by atoms with Crippen molar-refractivity contribution in [1.82, 2.24) is 19.6 Å². The van der Waals surface area contributed by atoms with Crippen LogP contribution in [0.2, 0.25) is 0 Å². The van der Waals surface area contributed by atoms with Crippen LogP contribution in [0.15, 0.2) is 6.07 Å². The molecular formula is C18H30N4O2. The van der Waals surface area contributed by atoms with Crippen LogP contribution in [-0.4, -0.2) is 70.4 Å². The first-order valence-corrected chi connectivity index (χ1v) is 9.19. The summed E-state index contributed by atoms with van der Waals surface area (Å²) >= 11 is 0. The average molecular weight is 334 g/mol. The van der Waals surface area contributed by atoms with E-state index in [-0.39, 0.29) is 18.0 Å². The molecule has 2 aliphatic rings. The molecule has 2 saturated heterocycles. The molecule has 3 heterocycles. The molecule has 3 rings (SSSR count). The van der Waals surface area contributed by atoms with Crippen molar-refractivity contribution in [3.63, 3.8) is 0 Å². The van der Waals surface area contributed by atoms with Gasteiger partial charge >= 0.3 is 0 Å². The summed E-state index contributed by atoms with van der Waals surface area (Å²) in [6.45, 7) is 11.0. The number of carbonyl (C=O) groups is 1. The number of ether oxygens (including phenoxy) is 1. The quantitative estimate of drug-likeness (QED) is 0.839. The lowest BCUT2D eigenvalue weighted by molar-refractivity contribution is -0.142. The van der Waals surface area contributed by atoms with Crippen LogP contribution in [0.25, 0.3) is 0 Å². The maximum Gasteiger partial charge on any atom is 0.239 e. The maximum atomic E-state index is 13.1. The highest BCUT2D eigenvalue weighted by molar-refractivity contribution is 5.82. The van der Waals surface area contributed by atoms with E-state index in [1.54, 1.807) is 0 Å². The van der Waals surface area contributed by atoms with Gasteiger partial charge in [-0.1, -0.05) is 0 Å². The van der Waals surface area contributed by atoms with Crippen LogP contribution in [0.4, 0.5) is 0 Å². The summed E-state index contributed by atoms with van der Waals surface area (Å²) in [6.07, 6.45) is 3.37. The first-order chi connectivity index (χ1) is 11.6. The van der Waals surface area contributed by atoms with E-state index in [9.17, 15) is 4.79 Å². The molecule has 6 nitrogen and oxygen atoms in total. The highest BCUT2D eigenvalue weighted by Crippen LogP contribution is 2.21. The minimum atomic E-state index is -0.0602. The predicted octanol–water partition coefficient (Wildman–Crippen LogP) is 1.60. The van der Waals surface area contributed by atoms with Crippen molar-refractivity contribution in [3.05, 3.63) is 17.5 Å². The van der Waals surface area contributed by atoms with E-state index in [1.807, 2.05) is 13.8 Å². The van der Waals surface area contributed by atoms with Gasteiger partial charge in [0, 0.05) is 25.3 Å². The van der Waals surface area contributed by atoms with E-state index in [1.165, 1.54) is 12.1 Å². The number of carbonyl (C=O) groups excluding carboxylic acids is 1. The third-order valence-electron chi connectivity index (χ3n) is 5.35. The van der Waals surface area contributed by atoms with Gasteiger partial charge in [0.2, 0.25) is 5.91 Å². The van der Waals surface area contributed by atoms with E-state index < -0.39 is 0 Å². The summed E-state index contributed by atoms with van der Waals surface area (Å²) < 4.78 is 7.47. The molecule has 1 aromatic rings. The second kappa shape index (κ2) is 7.66. The Morgan fingerprint density at radius 2 is 2.04 bits per heavy atom. The second-order valence-corrected chi connectivity index (χ2v) is 7.11. The number of rotatable bonds is 4. The van der Waals surface area contributed by atoms with Crippen LogP contribution in [0.3, 0.4) is 0 Å². The molecule has 2 aliphatic heterocycles. The summed E-state index contributed by atoms with van der Waals surface area (Å²) in [5.41, 5.74) is 2.22. The molecule has 24 heavy (non-hydrogen) atoms. The fourth-order valence-electron chi connectivity index (χ4n) is 3.90. The molecule has 134 valence electrons. The molecule has 0 radical (unpaired) electrons. The van der Waals surface area contributed by atoms with Crippen molar-refractivity contribution in [3.8, 4) is 0 Å². The van der Waals surface area contributed by atoms with Crippen LogP contribution >= 0.6 is 0 Å². The fraction of sp³-hybridized carbons (Fsp3) is 0.778. The van der Waals surface area contributed by atoms with Gasteiger partial charge in [0.25, 0.3) is 0 Å². The van der Waals surface area contributed by atoms with Gasteiger partial charge in [-0.3, -0.25) is 14.4 Å². The molecule has 0 aromatic carbocycles. The normalized spacial score (nSPS) is 24.1. The van der Waals surface area contributed by atoms with Crippen LogP contribution in [-0.2, 0) is 16.1 Å². The molecule has 0 N–H and O–H groups in total. The minimum Gasteiger partial charge on any atom is -0.379 e. The van der Waals surface area contributed by atoms with Gasteiger partial charge in [-0.15, -0.1) is 0 Å². The average Bonchev–Trinajstić information content (AvgIpc) is 2.92. The third-order valence-corrected chi connectivity index (χ3v) is 5.35. The Kier molecular flexibility index (Phi) is 5.56. The monoisotopic (exact) mass is 334 g/mol. The van der Waals surface area contributed by atoms with Gasteiger partial charge in [0.1, 0.15) is 0 Å². The molecular weight excluding hydrogens is 304 g/mol. The van der Waals surface area contributed by atoms with Gasteiger partial charge < -0.3 is 9.64 Å². The maximum absolute atomic E-state index is 13.1. The molecule has 0 unspecified atom stereocenters. The standard InChI is InChI=1S/C18H30N4O2/c1-14-12-15(2)22(19-14)13-17-6-4-5-7-21(17)18(23)16(3)20-8-10-24-11-9-20/h12,16-17H,4-11,13H2,1-3H3/t16-,17+/m1/s1. The zero-order valence-electron chi connectivity index (χ0n) is 15.2. The minimum absolute atomic E-state index is 0.0602. The highest BCUT2D eigenvalue weighted by Gasteiger charge is 2.33. The zero-order valence-corrected chi connectivity index (χ0v) is 15.2. The van der Waals surface area contributed by atoms with E-state index in [0.717, 1.165) is 57.9 Å². The molecule has 0 spiro atoms. The summed E-state index contributed by atoms with van der Waals surface area (Å²) in [4.78, 5) is 17.5. The highest BCUT2D eigenvalue weighted by atomic mass is 16.5. The summed E-state index contributed by atoms with van der Waals surface area (Å²) in [6, 6.07) is 2.30. The molecule has 0 aliphatic carbocycles. The zero-order chi connectivity index (χ0) is 17.1. The number of hydrogen-bond donors (Lipinski definition) is 0. The number of piperidine rings is 1. The molecule has 0 saturated carbocycles. The van der Waals surface area contributed by atoms with Crippen molar-refractivity contribution in [2.75, 3.05) is 32.8 Å². The van der Waals surface area contributed by atoms with Crippen LogP contribution in [0, 0.1) is 13.8 Å². The number of likely N-dealkylation sites (tertiary alicyclic amines) is 1. The molecule has 2 fully saturated rings. The number of amides is 1.